The van der Waals surface area contributed by atoms with E-state index < -0.39 is 15.6 Å². The van der Waals surface area contributed by atoms with Gasteiger partial charge < -0.3 is 11.1 Å². The highest BCUT2D eigenvalue weighted by molar-refractivity contribution is 7.89. The zero-order valence-electron chi connectivity index (χ0n) is 14.7. The predicted octanol–water partition coefficient (Wildman–Crippen LogP) is 2.14. The summed E-state index contributed by atoms with van der Waals surface area (Å²) in [6.07, 6.45) is 2.30. The molecule has 134 valence electrons. The molecule has 2 atom stereocenters. The summed E-state index contributed by atoms with van der Waals surface area (Å²) in [5.74, 6) is -0.201. The molecule has 0 aromatic heterocycles. The molecule has 1 amide bonds. The van der Waals surface area contributed by atoms with Gasteiger partial charge in [-0.1, -0.05) is 6.07 Å². The third-order valence-corrected chi connectivity index (χ3v) is 5.93. The average molecular weight is 353 g/mol. The Morgan fingerprint density at radius 1 is 1.25 bits per heavy atom. The van der Waals surface area contributed by atoms with Gasteiger partial charge in [-0.15, -0.1) is 0 Å². The number of carbonyl (C=O) groups is 1. The molecule has 0 radical (unpaired) electrons. The van der Waals surface area contributed by atoms with E-state index in [0.717, 1.165) is 12.8 Å². The monoisotopic (exact) mass is 353 g/mol. The molecule has 7 heteroatoms. The molecule has 1 aromatic rings. The molecule has 2 unspecified atom stereocenters. The van der Waals surface area contributed by atoms with Crippen LogP contribution in [-0.4, -0.2) is 25.9 Å². The molecule has 0 spiro atoms. The first-order chi connectivity index (χ1) is 11.0. The minimum Gasteiger partial charge on any atom is -0.328 e. The Hall–Kier alpha value is -1.44. The van der Waals surface area contributed by atoms with Gasteiger partial charge in [0.2, 0.25) is 15.9 Å². The quantitative estimate of drug-likeness (QED) is 0.772. The van der Waals surface area contributed by atoms with Crippen molar-refractivity contribution in [2.45, 2.75) is 63.4 Å². The van der Waals surface area contributed by atoms with Crippen molar-refractivity contribution in [1.82, 2.24) is 4.72 Å². The minimum atomic E-state index is -3.66. The van der Waals surface area contributed by atoms with Crippen LogP contribution in [-0.2, 0) is 14.8 Å². The number of nitrogens with two attached hydrogens (primary N) is 1. The van der Waals surface area contributed by atoms with Crippen LogP contribution in [0.15, 0.2) is 23.1 Å². The molecule has 1 aromatic carbocycles. The molecule has 0 saturated heterocycles. The van der Waals surface area contributed by atoms with Crippen molar-refractivity contribution >= 4 is 21.6 Å². The summed E-state index contributed by atoms with van der Waals surface area (Å²) in [5, 5.41) is 2.82. The molecule has 0 aliphatic heterocycles. The standard InChI is InChI=1S/C17H27N3O3S/c1-11-5-8-14(19-16(21)12-6-7-13(18)9-12)10-15(11)24(22,23)20-17(2,3)4/h5,8,10,12-13,20H,6-7,9,18H2,1-4H3,(H,19,21). The first kappa shape index (κ1) is 18.9. The van der Waals surface area contributed by atoms with Gasteiger partial charge in [-0.2, -0.15) is 0 Å². The highest BCUT2D eigenvalue weighted by atomic mass is 32.2. The molecule has 1 aliphatic carbocycles. The van der Waals surface area contributed by atoms with E-state index in [-0.39, 0.29) is 22.8 Å². The Kier molecular flexibility index (Phi) is 5.37. The van der Waals surface area contributed by atoms with Crippen LogP contribution in [0.3, 0.4) is 0 Å². The number of rotatable bonds is 4. The number of hydrogen-bond donors (Lipinski definition) is 3. The summed E-state index contributed by atoms with van der Waals surface area (Å²) in [6.45, 7) is 7.09. The van der Waals surface area contributed by atoms with E-state index in [0.29, 0.717) is 17.7 Å². The van der Waals surface area contributed by atoms with Crippen molar-refractivity contribution in [2.24, 2.45) is 11.7 Å². The fraction of sp³-hybridized carbons (Fsp3) is 0.588. The van der Waals surface area contributed by atoms with Crippen LogP contribution in [0.4, 0.5) is 5.69 Å². The molecule has 0 heterocycles. The van der Waals surface area contributed by atoms with Gasteiger partial charge in [-0.25, -0.2) is 13.1 Å². The van der Waals surface area contributed by atoms with Crippen LogP contribution in [0.2, 0.25) is 0 Å². The molecule has 1 aliphatic rings. The molecule has 4 N–H and O–H groups in total. The largest absolute Gasteiger partial charge is 0.328 e. The van der Waals surface area contributed by atoms with Gasteiger partial charge in [0.25, 0.3) is 0 Å². The fourth-order valence-corrected chi connectivity index (χ4v) is 4.61. The van der Waals surface area contributed by atoms with Crippen molar-refractivity contribution in [3.8, 4) is 0 Å². The van der Waals surface area contributed by atoms with E-state index in [4.69, 9.17) is 5.73 Å². The Morgan fingerprint density at radius 2 is 1.92 bits per heavy atom. The summed E-state index contributed by atoms with van der Waals surface area (Å²) in [7, 11) is -3.66. The first-order valence-corrected chi connectivity index (χ1v) is 9.67. The average Bonchev–Trinajstić information content (AvgIpc) is 2.85. The van der Waals surface area contributed by atoms with E-state index in [2.05, 4.69) is 10.0 Å². The molecular formula is C17H27N3O3S. The number of aryl methyl sites for hydroxylation is 1. The minimum absolute atomic E-state index is 0.0747. The summed E-state index contributed by atoms with van der Waals surface area (Å²) in [4.78, 5) is 12.5. The van der Waals surface area contributed by atoms with Crippen molar-refractivity contribution in [3.63, 3.8) is 0 Å². The van der Waals surface area contributed by atoms with E-state index in [1.165, 1.54) is 6.07 Å². The Labute approximate surface area is 144 Å². The van der Waals surface area contributed by atoms with Gasteiger partial charge in [0.05, 0.1) is 4.90 Å². The maximum Gasteiger partial charge on any atom is 0.241 e. The van der Waals surface area contributed by atoms with Gasteiger partial charge in [-0.05, 0) is 64.7 Å². The zero-order chi connectivity index (χ0) is 18.1. The number of carbonyl (C=O) groups excluding carboxylic acids is 1. The van der Waals surface area contributed by atoms with Gasteiger partial charge in [0.15, 0.2) is 0 Å². The maximum absolute atomic E-state index is 12.6. The van der Waals surface area contributed by atoms with Crippen LogP contribution in [0.25, 0.3) is 0 Å². The van der Waals surface area contributed by atoms with Crippen molar-refractivity contribution < 1.29 is 13.2 Å². The van der Waals surface area contributed by atoms with Crippen LogP contribution in [0.1, 0.15) is 45.6 Å². The second kappa shape index (κ2) is 6.82. The zero-order valence-corrected chi connectivity index (χ0v) is 15.5. The van der Waals surface area contributed by atoms with Crippen molar-refractivity contribution in [1.29, 1.82) is 0 Å². The molecule has 1 fully saturated rings. The lowest BCUT2D eigenvalue weighted by molar-refractivity contribution is -0.119. The third-order valence-electron chi connectivity index (χ3n) is 4.03. The molecule has 6 nitrogen and oxygen atoms in total. The van der Waals surface area contributed by atoms with Crippen molar-refractivity contribution in [2.75, 3.05) is 5.32 Å². The first-order valence-electron chi connectivity index (χ1n) is 8.19. The van der Waals surface area contributed by atoms with Crippen LogP contribution in [0, 0.1) is 12.8 Å². The van der Waals surface area contributed by atoms with Crippen molar-refractivity contribution in [3.05, 3.63) is 23.8 Å². The van der Waals surface area contributed by atoms with Crippen LogP contribution < -0.4 is 15.8 Å². The fourth-order valence-electron chi connectivity index (χ4n) is 2.92. The van der Waals surface area contributed by atoms with Gasteiger partial charge in [0.1, 0.15) is 0 Å². The molecule has 24 heavy (non-hydrogen) atoms. The summed E-state index contributed by atoms with van der Waals surface area (Å²) in [6, 6.07) is 5.01. The number of nitrogens with one attached hydrogen (secondary N) is 2. The molecule has 2 rings (SSSR count). The Bertz CT molecular complexity index is 723. The maximum atomic E-state index is 12.6. The lowest BCUT2D eigenvalue weighted by Gasteiger charge is -2.21. The number of amides is 1. The number of anilines is 1. The predicted molar refractivity (Wildman–Crippen MR) is 95.2 cm³/mol. The lowest BCUT2D eigenvalue weighted by Crippen LogP contribution is -2.40. The third kappa shape index (κ3) is 4.78. The van der Waals surface area contributed by atoms with E-state index in [9.17, 15) is 13.2 Å². The van der Waals surface area contributed by atoms with E-state index in [1.54, 1.807) is 39.8 Å². The summed E-state index contributed by atoms with van der Waals surface area (Å²) < 4.78 is 27.8. The van der Waals surface area contributed by atoms with E-state index >= 15 is 0 Å². The topological polar surface area (TPSA) is 101 Å². The smallest absolute Gasteiger partial charge is 0.241 e. The van der Waals surface area contributed by atoms with Gasteiger partial charge in [0, 0.05) is 23.2 Å². The second-order valence-electron chi connectivity index (χ2n) is 7.60. The number of hydrogen-bond acceptors (Lipinski definition) is 4. The van der Waals surface area contributed by atoms with Gasteiger partial charge in [-0.3, -0.25) is 4.79 Å². The summed E-state index contributed by atoms with van der Waals surface area (Å²) in [5.41, 5.74) is 6.39. The Balaban J connectivity index is 2.21. The number of benzene rings is 1. The normalized spacial score (nSPS) is 21.7. The molecule has 0 bridgehead atoms. The highest BCUT2D eigenvalue weighted by Crippen LogP contribution is 2.27. The molecular weight excluding hydrogens is 326 g/mol. The van der Waals surface area contributed by atoms with Gasteiger partial charge >= 0.3 is 0 Å². The second-order valence-corrected chi connectivity index (χ2v) is 9.25. The van der Waals surface area contributed by atoms with Crippen LogP contribution in [0.5, 0.6) is 0 Å². The number of sulfonamides is 1. The van der Waals surface area contributed by atoms with Crippen LogP contribution >= 0.6 is 0 Å². The lowest BCUT2D eigenvalue weighted by atomic mass is 10.1. The Morgan fingerprint density at radius 3 is 2.46 bits per heavy atom. The van der Waals surface area contributed by atoms with E-state index in [1.807, 2.05) is 0 Å². The highest BCUT2D eigenvalue weighted by Gasteiger charge is 2.28. The summed E-state index contributed by atoms with van der Waals surface area (Å²) >= 11 is 0. The molecule has 1 saturated carbocycles. The SMILES string of the molecule is Cc1ccc(NC(=O)C2CCC(N)C2)cc1S(=O)(=O)NC(C)(C)C.